The largest absolute Gasteiger partial charge is 0.393 e. The second kappa shape index (κ2) is 7.75. The molecule has 1 aromatic rings. The Morgan fingerprint density at radius 2 is 2.17 bits per heavy atom. The standard InChI is InChI=1S/C17H29N5O/c1-17(2,3)21-16(20-15-6-5-9-19-22-15)11-14(18-4)12-7-8-13(23)10-12/h5-6,9,11-14,18,21,23H,7-8,10H2,1-4H3,(H,20,22)/b16-11-/t12-,13+,14?/m0/s1. The molecule has 1 unspecified atom stereocenters. The van der Waals surface area contributed by atoms with Gasteiger partial charge >= 0.3 is 0 Å². The van der Waals surface area contributed by atoms with Crippen LogP contribution in [0.25, 0.3) is 0 Å². The van der Waals surface area contributed by atoms with Gasteiger partial charge in [-0.2, -0.15) is 5.10 Å². The van der Waals surface area contributed by atoms with Crippen LogP contribution in [0.5, 0.6) is 0 Å². The molecular formula is C17H29N5O. The van der Waals surface area contributed by atoms with Gasteiger partial charge in [0.1, 0.15) is 5.82 Å². The predicted octanol–water partition coefficient (Wildman–Crippen LogP) is 1.87. The van der Waals surface area contributed by atoms with Crippen molar-refractivity contribution in [2.75, 3.05) is 12.4 Å². The summed E-state index contributed by atoms with van der Waals surface area (Å²) >= 11 is 0. The van der Waals surface area contributed by atoms with Gasteiger partial charge in [0, 0.05) is 17.8 Å². The maximum Gasteiger partial charge on any atom is 0.154 e. The highest BCUT2D eigenvalue weighted by atomic mass is 16.3. The molecule has 1 heterocycles. The van der Waals surface area contributed by atoms with Gasteiger partial charge in [0.25, 0.3) is 0 Å². The molecule has 0 aromatic carbocycles. The van der Waals surface area contributed by atoms with Crippen LogP contribution in [0.4, 0.5) is 5.82 Å². The number of hydrogen-bond acceptors (Lipinski definition) is 6. The van der Waals surface area contributed by atoms with Crippen LogP contribution in [0.1, 0.15) is 40.0 Å². The van der Waals surface area contributed by atoms with Crippen molar-refractivity contribution in [3.8, 4) is 0 Å². The summed E-state index contributed by atoms with van der Waals surface area (Å²) in [6.45, 7) is 6.35. The predicted molar refractivity (Wildman–Crippen MR) is 92.8 cm³/mol. The van der Waals surface area contributed by atoms with Crippen LogP contribution in [0, 0.1) is 5.92 Å². The van der Waals surface area contributed by atoms with Crippen molar-refractivity contribution >= 4 is 5.82 Å². The fraction of sp³-hybridized carbons (Fsp3) is 0.647. The number of aliphatic hydroxyl groups excluding tert-OH is 1. The number of hydrogen-bond donors (Lipinski definition) is 4. The van der Waals surface area contributed by atoms with E-state index < -0.39 is 0 Å². The molecule has 1 aromatic heterocycles. The number of nitrogens with zero attached hydrogens (tertiary/aromatic N) is 2. The fourth-order valence-electron chi connectivity index (χ4n) is 2.98. The van der Waals surface area contributed by atoms with Crippen molar-refractivity contribution in [1.82, 2.24) is 20.8 Å². The van der Waals surface area contributed by atoms with Crippen LogP contribution in [-0.2, 0) is 0 Å². The topological polar surface area (TPSA) is 82.1 Å². The first-order valence-electron chi connectivity index (χ1n) is 8.27. The van der Waals surface area contributed by atoms with Gasteiger partial charge in [-0.1, -0.05) is 0 Å². The SMILES string of the molecule is CNC(/C=C(/Nc1cccnn1)NC(C)(C)C)[C@H]1CC[C@@H](O)C1. The Kier molecular flexibility index (Phi) is 5.96. The molecule has 0 bridgehead atoms. The summed E-state index contributed by atoms with van der Waals surface area (Å²) in [5.74, 6) is 2.05. The highest BCUT2D eigenvalue weighted by Gasteiger charge is 2.28. The number of likely N-dealkylation sites (N-methyl/N-ethyl adjacent to an activating group) is 1. The smallest absolute Gasteiger partial charge is 0.154 e. The van der Waals surface area contributed by atoms with Gasteiger partial charge in [-0.05, 0) is 71.2 Å². The second-order valence-electron chi connectivity index (χ2n) is 7.23. The van der Waals surface area contributed by atoms with Crippen LogP contribution >= 0.6 is 0 Å². The minimum absolute atomic E-state index is 0.0749. The number of aliphatic hydroxyl groups is 1. The molecule has 6 heteroatoms. The molecule has 1 aliphatic carbocycles. The Bertz CT molecular complexity index is 511. The Balaban J connectivity index is 2.16. The molecule has 3 atom stereocenters. The zero-order valence-corrected chi connectivity index (χ0v) is 14.5. The van der Waals surface area contributed by atoms with E-state index in [0.717, 1.165) is 25.1 Å². The third kappa shape index (κ3) is 5.80. The first-order valence-corrected chi connectivity index (χ1v) is 8.27. The minimum atomic E-state index is -0.170. The van der Waals surface area contributed by atoms with Crippen molar-refractivity contribution in [2.24, 2.45) is 5.92 Å². The molecule has 128 valence electrons. The van der Waals surface area contributed by atoms with E-state index in [1.165, 1.54) is 0 Å². The fourth-order valence-corrected chi connectivity index (χ4v) is 2.98. The van der Waals surface area contributed by atoms with Crippen molar-refractivity contribution in [3.63, 3.8) is 0 Å². The number of anilines is 1. The zero-order chi connectivity index (χ0) is 16.9. The highest BCUT2D eigenvalue weighted by molar-refractivity contribution is 5.39. The summed E-state index contributed by atoms with van der Waals surface area (Å²) in [6, 6.07) is 3.94. The lowest BCUT2D eigenvalue weighted by Gasteiger charge is -2.27. The molecule has 0 saturated heterocycles. The quantitative estimate of drug-likeness (QED) is 0.641. The number of nitrogens with one attached hydrogen (secondary N) is 3. The van der Waals surface area contributed by atoms with Gasteiger partial charge in [-0.15, -0.1) is 5.10 Å². The summed E-state index contributed by atoms with van der Waals surface area (Å²) in [6.07, 6.45) is 6.41. The molecule has 0 spiro atoms. The molecule has 0 amide bonds. The molecule has 23 heavy (non-hydrogen) atoms. The van der Waals surface area contributed by atoms with Gasteiger partial charge < -0.3 is 21.1 Å². The number of aromatic nitrogens is 2. The van der Waals surface area contributed by atoms with E-state index in [1.807, 2.05) is 19.2 Å². The summed E-state index contributed by atoms with van der Waals surface area (Å²) in [5.41, 5.74) is -0.0749. The Morgan fingerprint density at radius 1 is 1.39 bits per heavy atom. The Hall–Kier alpha value is -1.66. The van der Waals surface area contributed by atoms with Crippen LogP contribution < -0.4 is 16.0 Å². The summed E-state index contributed by atoms with van der Waals surface area (Å²) < 4.78 is 0. The molecule has 1 aliphatic rings. The second-order valence-corrected chi connectivity index (χ2v) is 7.23. The third-order valence-corrected chi connectivity index (χ3v) is 3.98. The van der Waals surface area contributed by atoms with Crippen molar-refractivity contribution < 1.29 is 5.11 Å². The average molecular weight is 319 g/mol. The van der Waals surface area contributed by atoms with E-state index in [2.05, 4.69) is 53.0 Å². The van der Waals surface area contributed by atoms with Gasteiger partial charge in [0.15, 0.2) is 5.82 Å². The summed E-state index contributed by atoms with van der Waals surface area (Å²) in [7, 11) is 1.96. The molecule has 1 saturated carbocycles. The Labute approximate surface area is 138 Å². The maximum atomic E-state index is 9.80. The lowest BCUT2D eigenvalue weighted by molar-refractivity contribution is 0.175. The normalized spacial score (nSPS) is 23.6. The van der Waals surface area contributed by atoms with Crippen LogP contribution in [0.2, 0.25) is 0 Å². The van der Waals surface area contributed by atoms with Crippen molar-refractivity contribution in [2.45, 2.75) is 57.7 Å². The van der Waals surface area contributed by atoms with Gasteiger partial charge in [-0.3, -0.25) is 0 Å². The molecule has 4 N–H and O–H groups in total. The van der Waals surface area contributed by atoms with E-state index in [1.54, 1.807) is 6.20 Å². The molecular weight excluding hydrogens is 290 g/mol. The Morgan fingerprint density at radius 3 is 2.70 bits per heavy atom. The van der Waals surface area contributed by atoms with Gasteiger partial charge in [-0.25, -0.2) is 0 Å². The van der Waals surface area contributed by atoms with Gasteiger partial charge in [0.2, 0.25) is 0 Å². The monoisotopic (exact) mass is 319 g/mol. The van der Waals surface area contributed by atoms with E-state index in [-0.39, 0.29) is 17.7 Å². The number of rotatable bonds is 6. The van der Waals surface area contributed by atoms with E-state index >= 15 is 0 Å². The van der Waals surface area contributed by atoms with E-state index in [9.17, 15) is 5.11 Å². The maximum absolute atomic E-state index is 9.80. The average Bonchev–Trinajstić information content (AvgIpc) is 2.90. The molecule has 0 radical (unpaired) electrons. The molecule has 2 rings (SSSR count). The van der Waals surface area contributed by atoms with Crippen LogP contribution in [-0.4, -0.2) is 40.0 Å². The molecule has 0 aliphatic heterocycles. The summed E-state index contributed by atoms with van der Waals surface area (Å²) in [5, 5.41) is 28.0. The lowest BCUT2D eigenvalue weighted by atomic mass is 9.97. The third-order valence-electron chi connectivity index (χ3n) is 3.98. The van der Waals surface area contributed by atoms with E-state index in [0.29, 0.717) is 11.7 Å². The molecule has 1 fully saturated rings. The van der Waals surface area contributed by atoms with Crippen molar-refractivity contribution in [3.05, 3.63) is 30.2 Å². The highest BCUT2D eigenvalue weighted by Crippen LogP contribution is 2.29. The minimum Gasteiger partial charge on any atom is -0.393 e. The first kappa shape index (κ1) is 17.7. The van der Waals surface area contributed by atoms with Crippen LogP contribution in [0.15, 0.2) is 30.2 Å². The first-order chi connectivity index (χ1) is 10.9. The van der Waals surface area contributed by atoms with Crippen molar-refractivity contribution in [1.29, 1.82) is 0 Å². The lowest BCUT2D eigenvalue weighted by Crippen LogP contribution is -2.40. The summed E-state index contributed by atoms with van der Waals surface area (Å²) in [4.78, 5) is 0. The van der Waals surface area contributed by atoms with Gasteiger partial charge in [0.05, 0.1) is 6.10 Å². The van der Waals surface area contributed by atoms with Crippen LogP contribution in [0.3, 0.4) is 0 Å². The molecule has 6 nitrogen and oxygen atoms in total. The zero-order valence-electron chi connectivity index (χ0n) is 14.5. The van der Waals surface area contributed by atoms with E-state index in [4.69, 9.17) is 0 Å².